The minimum Gasteiger partial charge on any atom is -0.308 e. The molecule has 3 nitrogen and oxygen atoms in total. The molecule has 1 N–H and O–H groups in total. The Morgan fingerprint density at radius 3 is 2.75 bits per heavy atom. The molecule has 1 aromatic rings. The molecule has 1 aromatic heterocycles. The second-order valence-corrected chi connectivity index (χ2v) is 4.85. The van der Waals surface area contributed by atoms with Crippen LogP contribution in [-0.2, 0) is 0 Å². The van der Waals surface area contributed by atoms with Crippen LogP contribution in [0.2, 0.25) is 0 Å². The first-order chi connectivity index (χ1) is 7.77. The summed E-state index contributed by atoms with van der Waals surface area (Å²) < 4.78 is 0. The maximum absolute atomic E-state index is 4.31. The van der Waals surface area contributed by atoms with Gasteiger partial charge in [0.2, 0.25) is 0 Å². The van der Waals surface area contributed by atoms with E-state index in [1.165, 1.54) is 18.0 Å². The van der Waals surface area contributed by atoms with Gasteiger partial charge in [-0.1, -0.05) is 13.8 Å². The van der Waals surface area contributed by atoms with Crippen molar-refractivity contribution in [3.05, 3.63) is 16.6 Å². The molecule has 16 heavy (non-hydrogen) atoms. The summed E-state index contributed by atoms with van der Waals surface area (Å²) >= 11 is 1.72. The highest BCUT2D eigenvalue weighted by molar-refractivity contribution is 7.09. The number of nitrogens with zero attached hydrogens (tertiary/aromatic N) is 2. The van der Waals surface area contributed by atoms with E-state index in [1.54, 1.807) is 11.3 Å². The van der Waals surface area contributed by atoms with E-state index in [1.807, 2.05) is 11.6 Å². The predicted molar refractivity (Wildman–Crippen MR) is 70.9 cm³/mol. The Balaban J connectivity index is 2.11. The van der Waals surface area contributed by atoms with Gasteiger partial charge in [-0.15, -0.1) is 11.3 Å². The Morgan fingerprint density at radius 1 is 1.44 bits per heavy atom. The molecule has 1 atom stereocenters. The standard InChI is InChI=1S/C12H23N3S/c1-4-15(5-2)9-6-7-13-11(3)12-14-8-10-16-12/h8,10-11,13H,4-7,9H2,1-3H3. The van der Waals surface area contributed by atoms with Gasteiger partial charge in [0.15, 0.2) is 0 Å². The molecule has 92 valence electrons. The van der Waals surface area contributed by atoms with Crippen molar-refractivity contribution in [1.82, 2.24) is 15.2 Å². The van der Waals surface area contributed by atoms with Crippen molar-refractivity contribution < 1.29 is 0 Å². The fourth-order valence-corrected chi connectivity index (χ4v) is 2.37. The topological polar surface area (TPSA) is 28.2 Å². The molecule has 0 bridgehead atoms. The Kier molecular flexibility index (Phi) is 6.61. The third kappa shape index (κ3) is 4.60. The van der Waals surface area contributed by atoms with E-state index in [0.717, 1.165) is 19.6 Å². The normalized spacial score (nSPS) is 13.2. The van der Waals surface area contributed by atoms with Crippen molar-refractivity contribution in [3.63, 3.8) is 0 Å². The fraction of sp³-hybridized carbons (Fsp3) is 0.750. The summed E-state index contributed by atoms with van der Waals surface area (Å²) in [6, 6.07) is 0.386. The van der Waals surface area contributed by atoms with Gasteiger partial charge in [-0.25, -0.2) is 4.98 Å². The minimum atomic E-state index is 0.386. The SMILES string of the molecule is CCN(CC)CCCNC(C)c1nccs1. The number of hydrogen-bond acceptors (Lipinski definition) is 4. The van der Waals surface area contributed by atoms with Crippen molar-refractivity contribution in [2.75, 3.05) is 26.2 Å². The van der Waals surface area contributed by atoms with E-state index in [-0.39, 0.29) is 0 Å². The van der Waals surface area contributed by atoms with Crippen LogP contribution in [0.25, 0.3) is 0 Å². The summed E-state index contributed by atoms with van der Waals surface area (Å²) in [5.74, 6) is 0. The molecule has 0 aliphatic heterocycles. The van der Waals surface area contributed by atoms with Crippen LogP contribution in [0.15, 0.2) is 11.6 Å². The van der Waals surface area contributed by atoms with Gasteiger partial charge in [-0.3, -0.25) is 0 Å². The first-order valence-electron chi connectivity index (χ1n) is 6.13. The highest BCUT2D eigenvalue weighted by Gasteiger charge is 2.06. The zero-order valence-electron chi connectivity index (χ0n) is 10.6. The molecule has 0 fully saturated rings. The monoisotopic (exact) mass is 241 g/mol. The van der Waals surface area contributed by atoms with Crippen molar-refractivity contribution >= 4 is 11.3 Å². The Morgan fingerprint density at radius 2 is 2.19 bits per heavy atom. The molecule has 0 amide bonds. The lowest BCUT2D eigenvalue weighted by Gasteiger charge is -2.18. The van der Waals surface area contributed by atoms with Crippen LogP contribution in [0, 0.1) is 0 Å². The molecule has 0 aliphatic carbocycles. The Hall–Kier alpha value is -0.450. The molecular weight excluding hydrogens is 218 g/mol. The highest BCUT2D eigenvalue weighted by atomic mass is 32.1. The molecule has 1 heterocycles. The van der Waals surface area contributed by atoms with Crippen LogP contribution in [0.5, 0.6) is 0 Å². The summed E-state index contributed by atoms with van der Waals surface area (Å²) in [6.45, 7) is 11.2. The average molecular weight is 241 g/mol. The predicted octanol–water partition coefficient (Wildman–Crippen LogP) is 2.53. The molecule has 0 aliphatic rings. The second-order valence-electron chi connectivity index (χ2n) is 3.93. The maximum Gasteiger partial charge on any atom is 0.109 e. The van der Waals surface area contributed by atoms with Crippen LogP contribution in [0.4, 0.5) is 0 Å². The van der Waals surface area contributed by atoms with E-state index in [2.05, 4.69) is 36.0 Å². The van der Waals surface area contributed by atoms with Crippen LogP contribution in [0.1, 0.15) is 38.2 Å². The van der Waals surface area contributed by atoms with E-state index < -0.39 is 0 Å². The molecule has 0 radical (unpaired) electrons. The van der Waals surface area contributed by atoms with Crippen molar-refractivity contribution in [3.8, 4) is 0 Å². The first-order valence-corrected chi connectivity index (χ1v) is 7.01. The Labute approximate surface area is 103 Å². The van der Waals surface area contributed by atoms with Crippen molar-refractivity contribution in [1.29, 1.82) is 0 Å². The average Bonchev–Trinajstić information content (AvgIpc) is 2.82. The van der Waals surface area contributed by atoms with Gasteiger partial charge in [-0.05, 0) is 39.5 Å². The molecule has 0 saturated heterocycles. The quantitative estimate of drug-likeness (QED) is 0.709. The van der Waals surface area contributed by atoms with E-state index in [4.69, 9.17) is 0 Å². The van der Waals surface area contributed by atoms with Gasteiger partial charge >= 0.3 is 0 Å². The summed E-state index contributed by atoms with van der Waals surface area (Å²) in [6.07, 6.45) is 3.07. The van der Waals surface area contributed by atoms with Gasteiger partial charge in [0.05, 0.1) is 6.04 Å². The van der Waals surface area contributed by atoms with E-state index in [0.29, 0.717) is 6.04 Å². The molecule has 1 unspecified atom stereocenters. The van der Waals surface area contributed by atoms with Gasteiger partial charge in [0.1, 0.15) is 5.01 Å². The summed E-state index contributed by atoms with van der Waals surface area (Å²) in [5, 5.41) is 6.72. The molecule has 1 rings (SSSR count). The molecule has 0 aromatic carbocycles. The van der Waals surface area contributed by atoms with Gasteiger partial charge in [0.25, 0.3) is 0 Å². The van der Waals surface area contributed by atoms with Crippen molar-refractivity contribution in [2.45, 2.75) is 33.2 Å². The lowest BCUT2D eigenvalue weighted by molar-refractivity contribution is 0.296. The highest BCUT2D eigenvalue weighted by Crippen LogP contribution is 2.14. The molecule has 0 saturated carbocycles. The maximum atomic E-state index is 4.31. The minimum absolute atomic E-state index is 0.386. The van der Waals surface area contributed by atoms with Crippen LogP contribution in [-0.4, -0.2) is 36.1 Å². The van der Waals surface area contributed by atoms with Crippen molar-refractivity contribution in [2.24, 2.45) is 0 Å². The number of rotatable bonds is 8. The molecular formula is C12H23N3S. The fourth-order valence-electron chi connectivity index (χ4n) is 1.70. The van der Waals surface area contributed by atoms with Gasteiger partial charge < -0.3 is 10.2 Å². The van der Waals surface area contributed by atoms with E-state index in [9.17, 15) is 0 Å². The largest absolute Gasteiger partial charge is 0.308 e. The summed E-state index contributed by atoms with van der Waals surface area (Å²) in [7, 11) is 0. The molecule has 0 spiro atoms. The number of nitrogens with one attached hydrogen (secondary N) is 1. The number of aromatic nitrogens is 1. The summed E-state index contributed by atoms with van der Waals surface area (Å²) in [4.78, 5) is 6.76. The summed E-state index contributed by atoms with van der Waals surface area (Å²) in [5.41, 5.74) is 0. The lowest BCUT2D eigenvalue weighted by Crippen LogP contribution is -2.28. The zero-order chi connectivity index (χ0) is 11.8. The van der Waals surface area contributed by atoms with E-state index >= 15 is 0 Å². The third-order valence-electron chi connectivity index (χ3n) is 2.82. The Bertz CT molecular complexity index is 257. The third-order valence-corrected chi connectivity index (χ3v) is 3.78. The zero-order valence-corrected chi connectivity index (χ0v) is 11.4. The molecule has 4 heteroatoms. The van der Waals surface area contributed by atoms with Gasteiger partial charge in [-0.2, -0.15) is 0 Å². The van der Waals surface area contributed by atoms with Crippen LogP contribution < -0.4 is 5.32 Å². The smallest absolute Gasteiger partial charge is 0.109 e. The van der Waals surface area contributed by atoms with Crippen LogP contribution in [0.3, 0.4) is 0 Å². The first kappa shape index (κ1) is 13.6. The number of hydrogen-bond donors (Lipinski definition) is 1. The lowest BCUT2D eigenvalue weighted by atomic mass is 10.3. The van der Waals surface area contributed by atoms with Crippen LogP contribution >= 0.6 is 11.3 Å². The second kappa shape index (κ2) is 7.76. The number of thiazole rings is 1. The van der Waals surface area contributed by atoms with Gasteiger partial charge in [0, 0.05) is 11.6 Å².